The van der Waals surface area contributed by atoms with Crippen LogP contribution in [0.1, 0.15) is 43.1 Å². The topological polar surface area (TPSA) is 162 Å². The SMILES string of the molecule is COCc1nn(Cc2ccc(Cn3ccccc3=O)cc2)cc1C(=O)O.COc1ccc(C#N)c(C(N)=O)c1F. The summed E-state index contributed by atoms with van der Waals surface area (Å²) in [5, 5.41) is 22.1. The highest BCUT2D eigenvalue weighted by atomic mass is 19.1. The number of rotatable bonds is 9. The smallest absolute Gasteiger partial charge is 0.339 e. The number of hydrogen-bond acceptors (Lipinski definition) is 7. The van der Waals surface area contributed by atoms with E-state index in [0.717, 1.165) is 11.1 Å². The quantitative estimate of drug-likeness (QED) is 0.323. The van der Waals surface area contributed by atoms with E-state index >= 15 is 0 Å². The van der Waals surface area contributed by atoms with Crippen LogP contribution < -0.4 is 16.0 Å². The Labute approximate surface area is 228 Å². The molecule has 0 unspecified atom stereocenters. The van der Waals surface area contributed by atoms with Crippen molar-refractivity contribution >= 4 is 11.9 Å². The third kappa shape index (κ3) is 7.18. The Hall–Kier alpha value is -5.28. The van der Waals surface area contributed by atoms with E-state index in [9.17, 15) is 23.9 Å². The van der Waals surface area contributed by atoms with E-state index in [0.29, 0.717) is 18.8 Å². The number of carbonyl (C=O) groups is 2. The lowest BCUT2D eigenvalue weighted by Crippen LogP contribution is -2.18. The summed E-state index contributed by atoms with van der Waals surface area (Å²) in [4.78, 5) is 33.9. The molecule has 2 aromatic carbocycles. The number of pyridine rings is 1. The molecule has 0 saturated carbocycles. The van der Waals surface area contributed by atoms with Crippen LogP contribution in [0.5, 0.6) is 5.75 Å². The van der Waals surface area contributed by atoms with Crippen LogP contribution in [0.25, 0.3) is 0 Å². The Morgan fingerprint density at radius 1 is 1.07 bits per heavy atom. The van der Waals surface area contributed by atoms with Crippen LogP contribution in [0.3, 0.4) is 0 Å². The number of nitrogens with two attached hydrogens (primary N) is 1. The molecule has 1 amide bonds. The summed E-state index contributed by atoms with van der Waals surface area (Å²) < 4.78 is 26.3. The number of aromatic nitrogens is 3. The Bertz CT molecular complexity index is 1600. The number of hydrogen-bond donors (Lipinski definition) is 2. The lowest BCUT2D eigenvalue weighted by atomic mass is 10.1. The second kappa shape index (κ2) is 13.5. The highest BCUT2D eigenvalue weighted by Crippen LogP contribution is 2.22. The fraction of sp³-hybridized carbons (Fsp3) is 0.179. The number of halogens is 1. The summed E-state index contributed by atoms with van der Waals surface area (Å²) in [6.07, 6.45) is 3.26. The second-order valence-corrected chi connectivity index (χ2v) is 8.39. The molecule has 0 aliphatic carbocycles. The van der Waals surface area contributed by atoms with Gasteiger partial charge in [-0.05, 0) is 29.3 Å². The zero-order valence-corrected chi connectivity index (χ0v) is 21.7. The Kier molecular flexibility index (Phi) is 9.88. The molecule has 4 aromatic rings. The van der Waals surface area contributed by atoms with Crippen molar-refractivity contribution in [2.45, 2.75) is 19.7 Å². The number of primary amides is 1. The minimum absolute atomic E-state index is 0.0417. The van der Waals surface area contributed by atoms with Gasteiger partial charge in [0.15, 0.2) is 11.6 Å². The van der Waals surface area contributed by atoms with Gasteiger partial charge in [-0.1, -0.05) is 30.3 Å². The van der Waals surface area contributed by atoms with Gasteiger partial charge in [0.25, 0.3) is 11.5 Å². The Morgan fingerprint density at radius 3 is 2.30 bits per heavy atom. The molecule has 0 bridgehead atoms. The number of benzene rings is 2. The molecule has 0 fully saturated rings. The molecule has 0 aliphatic rings. The first-order valence-electron chi connectivity index (χ1n) is 11.8. The van der Waals surface area contributed by atoms with Gasteiger partial charge in [-0.2, -0.15) is 10.4 Å². The first kappa shape index (κ1) is 29.3. The maximum Gasteiger partial charge on any atom is 0.339 e. The minimum atomic E-state index is -1.02. The second-order valence-electron chi connectivity index (χ2n) is 8.39. The van der Waals surface area contributed by atoms with Gasteiger partial charge in [0.05, 0.1) is 37.9 Å². The van der Waals surface area contributed by atoms with E-state index in [1.54, 1.807) is 27.6 Å². The highest BCUT2D eigenvalue weighted by Gasteiger charge is 2.18. The van der Waals surface area contributed by atoms with Gasteiger partial charge in [0.2, 0.25) is 0 Å². The van der Waals surface area contributed by atoms with Gasteiger partial charge in [-0.25, -0.2) is 9.18 Å². The molecule has 206 valence electrons. The van der Waals surface area contributed by atoms with E-state index in [-0.39, 0.29) is 29.0 Å². The van der Waals surface area contributed by atoms with Crippen LogP contribution in [0.4, 0.5) is 4.39 Å². The molecule has 0 aliphatic heterocycles. The number of carbonyl (C=O) groups excluding carboxylic acids is 1. The third-order valence-corrected chi connectivity index (χ3v) is 5.66. The molecule has 40 heavy (non-hydrogen) atoms. The fourth-order valence-electron chi connectivity index (χ4n) is 3.74. The number of nitriles is 1. The van der Waals surface area contributed by atoms with Gasteiger partial charge >= 0.3 is 5.97 Å². The van der Waals surface area contributed by atoms with E-state index < -0.39 is 23.3 Å². The average molecular weight is 548 g/mol. The molecule has 0 atom stereocenters. The molecule has 0 spiro atoms. The van der Waals surface area contributed by atoms with Crippen molar-refractivity contribution in [2.75, 3.05) is 14.2 Å². The average Bonchev–Trinajstić information content (AvgIpc) is 3.33. The summed E-state index contributed by atoms with van der Waals surface area (Å²) in [6, 6.07) is 17.1. The van der Waals surface area contributed by atoms with E-state index in [1.807, 2.05) is 30.3 Å². The van der Waals surface area contributed by atoms with Crippen molar-refractivity contribution in [1.29, 1.82) is 5.26 Å². The lowest BCUT2D eigenvalue weighted by molar-refractivity contribution is 0.0691. The molecule has 0 saturated heterocycles. The van der Waals surface area contributed by atoms with Crippen LogP contribution in [0.2, 0.25) is 0 Å². The summed E-state index contributed by atoms with van der Waals surface area (Å²) in [5.74, 6) is -3.03. The summed E-state index contributed by atoms with van der Waals surface area (Å²) >= 11 is 0. The number of carboxylic acids is 1. The van der Waals surface area contributed by atoms with Crippen LogP contribution >= 0.6 is 0 Å². The fourth-order valence-corrected chi connectivity index (χ4v) is 3.74. The van der Waals surface area contributed by atoms with Gasteiger partial charge in [-0.3, -0.25) is 14.3 Å². The number of methoxy groups -OCH3 is 2. The van der Waals surface area contributed by atoms with Gasteiger partial charge in [0, 0.05) is 25.6 Å². The van der Waals surface area contributed by atoms with Crippen molar-refractivity contribution in [3.8, 4) is 11.8 Å². The van der Waals surface area contributed by atoms with Crippen LogP contribution in [-0.4, -0.2) is 45.6 Å². The largest absolute Gasteiger partial charge is 0.494 e. The number of amides is 1. The number of aromatic carboxylic acids is 1. The predicted molar refractivity (Wildman–Crippen MR) is 141 cm³/mol. The van der Waals surface area contributed by atoms with Crippen LogP contribution in [0, 0.1) is 17.1 Å². The number of carboxylic acid groups (broad SMARTS) is 1. The molecule has 11 nitrogen and oxygen atoms in total. The first-order valence-corrected chi connectivity index (χ1v) is 11.8. The predicted octanol–water partition coefficient (Wildman–Crippen LogP) is 2.79. The summed E-state index contributed by atoms with van der Waals surface area (Å²) in [5.41, 5.74) is 6.89. The molecular formula is C28H26FN5O6. The molecule has 2 aromatic heterocycles. The monoisotopic (exact) mass is 547 g/mol. The maximum atomic E-state index is 13.4. The van der Waals surface area contributed by atoms with Crippen molar-refractivity contribution in [1.82, 2.24) is 14.3 Å². The molecule has 4 rings (SSSR count). The molecule has 2 heterocycles. The third-order valence-electron chi connectivity index (χ3n) is 5.66. The van der Waals surface area contributed by atoms with Gasteiger partial charge in [-0.15, -0.1) is 0 Å². The minimum Gasteiger partial charge on any atom is -0.494 e. The number of nitrogens with zero attached hydrogens (tertiary/aromatic N) is 4. The molecule has 12 heteroatoms. The summed E-state index contributed by atoms with van der Waals surface area (Å²) in [6.45, 7) is 1.11. The van der Waals surface area contributed by atoms with Crippen molar-refractivity contribution in [2.24, 2.45) is 5.73 Å². The van der Waals surface area contributed by atoms with Crippen molar-refractivity contribution in [3.05, 3.63) is 117 Å². The Morgan fingerprint density at radius 2 is 1.75 bits per heavy atom. The van der Waals surface area contributed by atoms with E-state index in [2.05, 4.69) is 9.84 Å². The van der Waals surface area contributed by atoms with Crippen molar-refractivity contribution < 1.29 is 28.6 Å². The first-order chi connectivity index (χ1) is 19.2. The van der Waals surface area contributed by atoms with Crippen molar-refractivity contribution in [3.63, 3.8) is 0 Å². The van der Waals surface area contributed by atoms with E-state index in [1.165, 1.54) is 38.6 Å². The summed E-state index contributed by atoms with van der Waals surface area (Å²) in [7, 11) is 2.76. The normalized spacial score (nSPS) is 10.2. The standard InChI is InChI=1S/C19H19N3O4.C9H7FN2O2/c1-26-13-17-16(19(24)25)12-22(20-17)11-15-7-5-14(6-8-15)10-21-9-3-2-4-18(21)23;1-14-6-3-2-5(4-11)7(8(6)10)9(12)13/h2-9,12H,10-11,13H2,1H3,(H,24,25);2-3H,1H3,(H2,12,13). The van der Waals surface area contributed by atoms with Crippen LogP contribution in [-0.2, 0) is 24.4 Å². The number of ether oxygens (including phenoxy) is 2. The van der Waals surface area contributed by atoms with Gasteiger partial charge in [0.1, 0.15) is 17.3 Å². The molecular weight excluding hydrogens is 521 g/mol. The molecule has 0 radical (unpaired) electrons. The zero-order valence-electron chi connectivity index (χ0n) is 21.7. The zero-order chi connectivity index (χ0) is 29.2. The maximum absolute atomic E-state index is 13.4. The highest BCUT2D eigenvalue weighted by molar-refractivity contribution is 5.96. The van der Waals surface area contributed by atoms with Crippen LogP contribution in [0.15, 0.2) is 71.8 Å². The Balaban J connectivity index is 0.000000267. The van der Waals surface area contributed by atoms with Gasteiger partial charge < -0.3 is 24.9 Å². The lowest BCUT2D eigenvalue weighted by Gasteiger charge is -2.07. The molecule has 3 N–H and O–H groups in total. The van der Waals surface area contributed by atoms with E-state index in [4.69, 9.17) is 15.7 Å².